The number of likely N-dealkylation sites (tertiary alicyclic amines) is 3. The maximum absolute atomic E-state index is 14.4. The molecule has 1 aromatic heterocycles. The number of carbonyl (C=O) groups excluding carboxylic acids is 5. The number of hydrogen-bond acceptors (Lipinski definition) is 12. The van der Waals surface area contributed by atoms with Gasteiger partial charge in [-0.2, -0.15) is 0 Å². The number of para-hydroxylation sites is 1. The number of urea groups is 1. The predicted octanol–water partition coefficient (Wildman–Crippen LogP) is 3.97. The molecule has 5 heterocycles. The molecule has 60 heavy (non-hydrogen) atoms. The van der Waals surface area contributed by atoms with Crippen LogP contribution in [0.4, 0.5) is 15.3 Å². The first kappa shape index (κ1) is 42.7. The van der Waals surface area contributed by atoms with Gasteiger partial charge in [-0.1, -0.05) is 24.3 Å². The van der Waals surface area contributed by atoms with Crippen molar-refractivity contribution in [2.24, 2.45) is 7.05 Å². The topological polar surface area (TPSA) is 182 Å². The largest absolute Gasteiger partial charge is 0.436 e. The Hall–Kier alpha value is -5.42. The van der Waals surface area contributed by atoms with Crippen LogP contribution in [0.15, 0.2) is 45.6 Å². The summed E-state index contributed by atoms with van der Waals surface area (Å²) in [7, 11) is 1.63. The number of carbonyl (C=O) groups is 5. The second-order valence-corrected chi connectivity index (χ2v) is 16.1. The van der Waals surface area contributed by atoms with Crippen LogP contribution in [0.25, 0.3) is 11.1 Å². The van der Waals surface area contributed by atoms with E-state index in [4.69, 9.17) is 23.4 Å². The van der Waals surface area contributed by atoms with E-state index >= 15 is 0 Å². The Balaban J connectivity index is 0.988. The van der Waals surface area contributed by atoms with Crippen LogP contribution in [0.2, 0.25) is 0 Å². The van der Waals surface area contributed by atoms with E-state index in [2.05, 4.69) is 10.2 Å². The summed E-state index contributed by atoms with van der Waals surface area (Å²) in [5.74, 6) is -1.90. The number of amides is 4. The summed E-state index contributed by atoms with van der Waals surface area (Å²) in [6.07, 6.45) is 1.72. The summed E-state index contributed by atoms with van der Waals surface area (Å²) in [5.41, 5.74) is 4.40. The van der Waals surface area contributed by atoms with E-state index in [1.807, 2.05) is 42.2 Å². The van der Waals surface area contributed by atoms with Crippen LogP contribution >= 0.6 is 0 Å². The van der Waals surface area contributed by atoms with Crippen molar-refractivity contribution in [2.45, 2.75) is 103 Å². The molecule has 4 aliphatic rings. The number of aromatic nitrogens is 1. The molecule has 17 heteroatoms. The van der Waals surface area contributed by atoms with E-state index in [-0.39, 0.29) is 37.0 Å². The molecule has 1 unspecified atom stereocenters. The minimum atomic E-state index is -1.16. The first-order chi connectivity index (χ1) is 28.9. The number of esters is 2. The molecule has 0 bridgehead atoms. The number of nitrogens with one attached hydrogen (secondary N) is 1. The molecule has 0 saturated carbocycles. The average molecular weight is 833 g/mol. The Morgan fingerprint density at radius 2 is 1.60 bits per heavy atom. The highest BCUT2D eigenvalue weighted by atomic mass is 16.7. The third-order valence-electron chi connectivity index (χ3n) is 12.2. The van der Waals surface area contributed by atoms with Crippen molar-refractivity contribution in [3.05, 3.63) is 63.6 Å². The van der Waals surface area contributed by atoms with Crippen molar-refractivity contribution in [1.82, 2.24) is 24.2 Å². The minimum Gasteiger partial charge on any atom is -0.436 e. The van der Waals surface area contributed by atoms with Gasteiger partial charge in [0.15, 0.2) is 11.7 Å². The standard InChI is InChI=1S/C43H56N6O11/c1-5-56-26-37(50)57-28(3)58-40(52)34-11-8-17-48(34)31-13-18-46(19-14-31)39(51)36(25-29-23-27(2)38-35(24-29)59-42(54)45(38)4)60-43(55)47-20-15-32(16-21-47)49-22-12-30-9-6-7-10-33(30)44-41(49)53/h6-7,9-10,23-24,28,31-32,34,36H,5,8,11-22,25-26H2,1-4H3,(H,44,53)/t28?,34-,36+/m0/s1. The lowest BCUT2D eigenvalue weighted by Gasteiger charge is -2.40. The molecule has 2 aromatic carbocycles. The van der Waals surface area contributed by atoms with Gasteiger partial charge in [0.05, 0.1) is 5.52 Å². The van der Waals surface area contributed by atoms with Gasteiger partial charge in [0, 0.05) is 77.5 Å². The SMILES string of the molecule is CCOCC(=O)OC(C)OC(=O)[C@@H]1CCCN1C1CCN(C(=O)[C@@H](Cc2cc(C)c3c(c2)oc(=O)n3C)OC(=O)N2CCC(N3CCc4ccccc4NC3=O)CC2)CC1. The molecule has 0 radical (unpaired) electrons. The fourth-order valence-corrected chi connectivity index (χ4v) is 9.16. The van der Waals surface area contributed by atoms with Gasteiger partial charge in [-0.25, -0.2) is 19.2 Å². The van der Waals surface area contributed by atoms with E-state index in [1.165, 1.54) is 11.5 Å². The van der Waals surface area contributed by atoms with Crippen molar-refractivity contribution < 1.29 is 47.3 Å². The lowest BCUT2D eigenvalue weighted by atomic mass is 9.99. The molecule has 4 amide bonds. The van der Waals surface area contributed by atoms with E-state index in [0.717, 1.165) is 29.7 Å². The molecule has 0 aliphatic carbocycles. The summed E-state index contributed by atoms with van der Waals surface area (Å²) in [6.45, 7) is 8.04. The van der Waals surface area contributed by atoms with Crippen molar-refractivity contribution in [2.75, 3.05) is 57.8 Å². The number of nitrogens with zero attached hydrogens (tertiary/aromatic N) is 5. The lowest BCUT2D eigenvalue weighted by molar-refractivity contribution is -0.190. The number of fused-ring (bicyclic) bond motifs is 2. The van der Waals surface area contributed by atoms with Crippen LogP contribution < -0.4 is 11.1 Å². The Kier molecular flexibility index (Phi) is 13.4. The van der Waals surface area contributed by atoms with Crippen LogP contribution in [0.5, 0.6) is 0 Å². The zero-order chi connectivity index (χ0) is 42.5. The van der Waals surface area contributed by atoms with E-state index in [1.54, 1.807) is 29.8 Å². The van der Waals surface area contributed by atoms with Crippen molar-refractivity contribution in [3.63, 3.8) is 0 Å². The third kappa shape index (κ3) is 9.62. The van der Waals surface area contributed by atoms with Gasteiger partial charge in [-0.3, -0.25) is 19.1 Å². The third-order valence-corrected chi connectivity index (χ3v) is 12.2. The Labute approximate surface area is 348 Å². The lowest BCUT2D eigenvalue weighted by Crippen LogP contribution is -2.53. The van der Waals surface area contributed by atoms with Crippen LogP contribution in [-0.2, 0) is 53.2 Å². The van der Waals surface area contributed by atoms with E-state index < -0.39 is 42.2 Å². The fraction of sp³-hybridized carbons (Fsp3) is 0.581. The van der Waals surface area contributed by atoms with Gasteiger partial charge >= 0.3 is 29.8 Å². The summed E-state index contributed by atoms with van der Waals surface area (Å²) >= 11 is 0. The minimum absolute atomic E-state index is 0.0127. The molecule has 0 spiro atoms. The number of ether oxygens (including phenoxy) is 4. The number of oxazole rings is 1. The predicted molar refractivity (Wildman–Crippen MR) is 218 cm³/mol. The molecular formula is C43H56N6O11. The van der Waals surface area contributed by atoms with Crippen molar-refractivity contribution in [1.29, 1.82) is 0 Å². The van der Waals surface area contributed by atoms with Gasteiger partial charge in [0.25, 0.3) is 5.91 Å². The Morgan fingerprint density at radius 1 is 0.883 bits per heavy atom. The highest BCUT2D eigenvalue weighted by Crippen LogP contribution is 2.29. The van der Waals surface area contributed by atoms with Gasteiger partial charge in [0.1, 0.15) is 12.6 Å². The average Bonchev–Trinajstić information content (AvgIpc) is 3.79. The van der Waals surface area contributed by atoms with Crippen molar-refractivity contribution in [3.8, 4) is 0 Å². The summed E-state index contributed by atoms with van der Waals surface area (Å²) in [4.78, 5) is 86.3. The second-order valence-electron chi connectivity index (χ2n) is 16.1. The number of hydrogen-bond donors (Lipinski definition) is 1. The number of rotatable bonds is 12. The molecule has 1 N–H and O–H groups in total. The van der Waals surface area contributed by atoms with Crippen LogP contribution in [0.1, 0.15) is 69.1 Å². The van der Waals surface area contributed by atoms with E-state index in [0.29, 0.717) is 94.6 Å². The molecule has 4 aliphatic heterocycles. The van der Waals surface area contributed by atoms with Crippen LogP contribution in [0.3, 0.4) is 0 Å². The smallest absolute Gasteiger partial charge is 0.419 e. The van der Waals surface area contributed by atoms with Gasteiger partial charge < -0.3 is 43.4 Å². The number of benzene rings is 2. The molecule has 3 fully saturated rings. The Bertz CT molecular complexity index is 2120. The summed E-state index contributed by atoms with van der Waals surface area (Å²) in [6, 6.07) is 10.7. The molecule has 3 saturated heterocycles. The van der Waals surface area contributed by atoms with Crippen LogP contribution in [-0.4, -0.2) is 137 Å². The highest BCUT2D eigenvalue weighted by Gasteiger charge is 2.41. The quantitative estimate of drug-likeness (QED) is 0.205. The first-order valence-electron chi connectivity index (χ1n) is 21.1. The number of aryl methyl sites for hydroxylation is 2. The van der Waals surface area contributed by atoms with E-state index in [9.17, 15) is 28.8 Å². The first-order valence-corrected chi connectivity index (χ1v) is 21.1. The summed E-state index contributed by atoms with van der Waals surface area (Å²) in [5, 5.41) is 3.03. The number of piperidine rings is 2. The normalized spacial score (nSPS) is 20.3. The zero-order valence-electron chi connectivity index (χ0n) is 34.9. The molecule has 7 rings (SSSR count). The molecule has 17 nitrogen and oxygen atoms in total. The maximum Gasteiger partial charge on any atom is 0.419 e. The second kappa shape index (κ2) is 18.9. The number of anilines is 1. The molecule has 324 valence electrons. The molecular weight excluding hydrogens is 777 g/mol. The highest BCUT2D eigenvalue weighted by molar-refractivity contribution is 5.91. The Morgan fingerprint density at radius 3 is 2.35 bits per heavy atom. The van der Waals surface area contributed by atoms with Crippen LogP contribution in [0, 0.1) is 6.92 Å². The van der Waals surface area contributed by atoms with Gasteiger partial charge in [-0.05, 0) is 94.2 Å². The summed E-state index contributed by atoms with van der Waals surface area (Å²) < 4.78 is 28.8. The zero-order valence-corrected chi connectivity index (χ0v) is 34.9. The maximum atomic E-state index is 14.4. The fourth-order valence-electron chi connectivity index (χ4n) is 9.16. The van der Waals surface area contributed by atoms with Gasteiger partial charge in [0.2, 0.25) is 6.29 Å². The monoisotopic (exact) mass is 832 g/mol. The molecule has 3 aromatic rings. The molecule has 3 atom stereocenters. The van der Waals surface area contributed by atoms with Crippen molar-refractivity contribution >= 4 is 46.8 Å². The van der Waals surface area contributed by atoms with Gasteiger partial charge in [-0.15, -0.1) is 0 Å².